The Bertz CT molecular complexity index is 472. The van der Waals surface area contributed by atoms with Gasteiger partial charge in [0.15, 0.2) is 0 Å². The van der Waals surface area contributed by atoms with Gasteiger partial charge in [0.05, 0.1) is 4.92 Å². The zero-order valence-corrected chi connectivity index (χ0v) is 10.4. The number of hydrogen-bond acceptors (Lipinski definition) is 5. The predicted molar refractivity (Wildman–Crippen MR) is 66.6 cm³/mol. The van der Waals surface area contributed by atoms with Crippen molar-refractivity contribution in [2.75, 3.05) is 18.0 Å². The maximum atomic E-state index is 11.0. The van der Waals surface area contributed by atoms with Gasteiger partial charge in [-0.25, -0.2) is 0 Å². The maximum Gasteiger partial charge on any atom is 0.330 e. The number of anilines is 1. The summed E-state index contributed by atoms with van der Waals surface area (Å²) in [5, 5.41) is 18.8. The summed E-state index contributed by atoms with van der Waals surface area (Å²) in [6, 6.07) is 1.02. The molecule has 0 spiro atoms. The van der Waals surface area contributed by atoms with Crippen LogP contribution in [0.3, 0.4) is 0 Å². The average Bonchev–Trinajstić information content (AvgIpc) is 2.82. The summed E-state index contributed by atoms with van der Waals surface area (Å²) in [5.41, 5.74) is 0.107. The van der Waals surface area contributed by atoms with E-state index in [4.69, 9.17) is 0 Å². The van der Waals surface area contributed by atoms with Crippen molar-refractivity contribution in [1.82, 2.24) is 15.1 Å². The van der Waals surface area contributed by atoms with Gasteiger partial charge in [0, 0.05) is 32.2 Å². The third kappa shape index (κ3) is 1.94. The lowest BCUT2D eigenvalue weighted by Crippen LogP contribution is -2.35. The van der Waals surface area contributed by atoms with E-state index in [0.29, 0.717) is 17.9 Å². The van der Waals surface area contributed by atoms with Crippen LogP contribution in [-0.4, -0.2) is 39.9 Å². The number of nitro groups is 1. The van der Waals surface area contributed by atoms with Crippen molar-refractivity contribution >= 4 is 11.5 Å². The summed E-state index contributed by atoms with van der Waals surface area (Å²) in [4.78, 5) is 12.7. The van der Waals surface area contributed by atoms with Gasteiger partial charge in [0.25, 0.3) is 0 Å². The first kappa shape index (κ1) is 11.5. The Labute approximate surface area is 105 Å². The Morgan fingerprint density at radius 1 is 1.44 bits per heavy atom. The van der Waals surface area contributed by atoms with Crippen molar-refractivity contribution in [2.24, 2.45) is 7.05 Å². The van der Waals surface area contributed by atoms with E-state index in [1.165, 1.54) is 17.3 Å². The fourth-order valence-corrected chi connectivity index (χ4v) is 2.95. The molecule has 0 aliphatic carbocycles. The van der Waals surface area contributed by atoms with Crippen LogP contribution in [0.15, 0.2) is 6.20 Å². The Hall–Kier alpha value is -1.63. The van der Waals surface area contributed by atoms with Crippen molar-refractivity contribution in [3.8, 4) is 0 Å². The second kappa shape index (κ2) is 4.24. The summed E-state index contributed by atoms with van der Waals surface area (Å²) >= 11 is 0. The molecule has 1 N–H and O–H groups in total. The fraction of sp³-hybridized carbons (Fsp3) is 0.727. The maximum absolute atomic E-state index is 11.0. The van der Waals surface area contributed by atoms with Crippen LogP contribution >= 0.6 is 0 Å². The van der Waals surface area contributed by atoms with Gasteiger partial charge in [-0.05, 0) is 19.3 Å². The van der Waals surface area contributed by atoms with E-state index in [1.54, 1.807) is 7.05 Å². The van der Waals surface area contributed by atoms with Crippen molar-refractivity contribution in [3.05, 3.63) is 16.3 Å². The van der Waals surface area contributed by atoms with Crippen LogP contribution in [0.5, 0.6) is 0 Å². The summed E-state index contributed by atoms with van der Waals surface area (Å²) in [6.07, 6.45) is 4.89. The summed E-state index contributed by atoms with van der Waals surface area (Å²) < 4.78 is 1.52. The smallest absolute Gasteiger partial charge is 0.330 e. The summed E-state index contributed by atoms with van der Waals surface area (Å²) in [6.45, 7) is 1.65. The molecule has 2 bridgehead atoms. The van der Waals surface area contributed by atoms with Crippen LogP contribution in [0.4, 0.5) is 11.5 Å². The molecule has 0 aromatic carbocycles. The molecule has 98 valence electrons. The molecule has 7 heteroatoms. The monoisotopic (exact) mass is 251 g/mol. The second-order valence-electron chi connectivity index (χ2n) is 5.14. The number of hydrogen-bond donors (Lipinski definition) is 1. The molecule has 2 aliphatic rings. The minimum atomic E-state index is -0.348. The van der Waals surface area contributed by atoms with Gasteiger partial charge in [-0.1, -0.05) is 0 Å². The molecule has 2 fully saturated rings. The lowest BCUT2D eigenvalue weighted by Gasteiger charge is -2.23. The molecule has 2 atom stereocenters. The lowest BCUT2D eigenvalue weighted by molar-refractivity contribution is -0.384. The van der Waals surface area contributed by atoms with E-state index in [9.17, 15) is 10.1 Å². The van der Waals surface area contributed by atoms with Crippen molar-refractivity contribution in [2.45, 2.75) is 31.3 Å². The highest BCUT2D eigenvalue weighted by Crippen LogP contribution is 2.29. The Kier molecular flexibility index (Phi) is 2.70. The molecule has 2 saturated heterocycles. The van der Waals surface area contributed by atoms with Crippen LogP contribution < -0.4 is 10.2 Å². The van der Waals surface area contributed by atoms with E-state index >= 15 is 0 Å². The molecule has 3 rings (SSSR count). The van der Waals surface area contributed by atoms with Gasteiger partial charge in [-0.15, -0.1) is 5.10 Å². The molecular formula is C11H17N5O2. The highest BCUT2D eigenvalue weighted by Gasteiger charge is 2.33. The summed E-state index contributed by atoms with van der Waals surface area (Å²) in [5.74, 6) is 0.511. The first-order valence-corrected chi connectivity index (χ1v) is 6.32. The minimum absolute atomic E-state index is 0.107. The quantitative estimate of drug-likeness (QED) is 0.617. The van der Waals surface area contributed by atoms with Crippen LogP contribution in [0, 0.1) is 10.1 Å². The first-order chi connectivity index (χ1) is 8.63. The van der Waals surface area contributed by atoms with E-state index in [2.05, 4.69) is 15.3 Å². The van der Waals surface area contributed by atoms with Gasteiger partial charge >= 0.3 is 5.69 Å². The molecule has 18 heavy (non-hydrogen) atoms. The predicted octanol–water partition coefficient (Wildman–Crippen LogP) is 0.659. The third-order valence-electron chi connectivity index (χ3n) is 3.81. The van der Waals surface area contributed by atoms with E-state index in [-0.39, 0.29) is 10.6 Å². The molecule has 1 aromatic heterocycles. The average molecular weight is 251 g/mol. The normalized spacial score (nSPS) is 27.3. The Morgan fingerprint density at radius 3 is 3.00 bits per heavy atom. The molecule has 1 aromatic rings. The summed E-state index contributed by atoms with van der Waals surface area (Å²) in [7, 11) is 1.72. The number of fused-ring (bicyclic) bond motifs is 2. The molecule has 0 saturated carbocycles. The zero-order valence-electron chi connectivity index (χ0n) is 10.4. The van der Waals surface area contributed by atoms with Crippen LogP contribution in [0.2, 0.25) is 0 Å². The molecule has 7 nitrogen and oxygen atoms in total. The van der Waals surface area contributed by atoms with Crippen LogP contribution in [0.25, 0.3) is 0 Å². The van der Waals surface area contributed by atoms with Crippen molar-refractivity contribution in [3.63, 3.8) is 0 Å². The van der Waals surface area contributed by atoms with Gasteiger partial charge < -0.3 is 10.2 Å². The standard InChI is InChI=1S/C11H17N5O2/c1-14-7-10(16(17)18)11(13-14)15-5-4-8-2-3-9(6-15)12-8/h7-9,12H,2-6H2,1H3. The Balaban J connectivity index is 1.87. The van der Waals surface area contributed by atoms with E-state index < -0.39 is 0 Å². The second-order valence-corrected chi connectivity index (χ2v) is 5.14. The first-order valence-electron chi connectivity index (χ1n) is 6.32. The fourth-order valence-electron chi connectivity index (χ4n) is 2.95. The SMILES string of the molecule is Cn1cc([N+](=O)[O-])c(N2CCC3CCC(C2)N3)n1. The number of rotatable bonds is 2. The molecule has 3 heterocycles. The van der Waals surface area contributed by atoms with Crippen molar-refractivity contribution in [1.29, 1.82) is 0 Å². The third-order valence-corrected chi connectivity index (χ3v) is 3.81. The minimum Gasteiger partial charge on any atom is -0.348 e. The van der Waals surface area contributed by atoms with Gasteiger partial charge in [-0.2, -0.15) is 0 Å². The molecule has 0 amide bonds. The topological polar surface area (TPSA) is 76.2 Å². The van der Waals surface area contributed by atoms with Gasteiger partial charge in [-0.3, -0.25) is 14.8 Å². The number of aromatic nitrogens is 2. The lowest BCUT2D eigenvalue weighted by atomic mass is 10.1. The van der Waals surface area contributed by atoms with E-state index in [1.807, 2.05) is 0 Å². The molecule has 0 radical (unpaired) electrons. The zero-order chi connectivity index (χ0) is 12.7. The van der Waals surface area contributed by atoms with Gasteiger partial charge in [0.2, 0.25) is 5.82 Å². The highest BCUT2D eigenvalue weighted by atomic mass is 16.6. The number of nitrogens with zero attached hydrogens (tertiary/aromatic N) is 4. The van der Waals surface area contributed by atoms with Crippen LogP contribution in [0.1, 0.15) is 19.3 Å². The van der Waals surface area contributed by atoms with Crippen molar-refractivity contribution < 1.29 is 4.92 Å². The molecule has 2 unspecified atom stereocenters. The Morgan fingerprint density at radius 2 is 2.22 bits per heavy atom. The van der Waals surface area contributed by atoms with Gasteiger partial charge in [0.1, 0.15) is 6.20 Å². The number of nitrogens with one attached hydrogen (secondary N) is 1. The molecular weight excluding hydrogens is 234 g/mol. The van der Waals surface area contributed by atoms with E-state index in [0.717, 1.165) is 25.9 Å². The van der Waals surface area contributed by atoms with Crippen LogP contribution in [-0.2, 0) is 7.05 Å². The largest absolute Gasteiger partial charge is 0.348 e. The number of aryl methyl sites for hydroxylation is 1. The highest BCUT2D eigenvalue weighted by molar-refractivity contribution is 5.57. The molecule has 2 aliphatic heterocycles.